The van der Waals surface area contributed by atoms with Gasteiger partial charge in [-0.05, 0) is 30.5 Å². The van der Waals surface area contributed by atoms with E-state index in [-0.39, 0.29) is 5.56 Å². The summed E-state index contributed by atoms with van der Waals surface area (Å²) >= 11 is 7.67. The summed E-state index contributed by atoms with van der Waals surface area (Å²) in [4.78, 5) is 19.4. The molecule has 0 radical (unpaired) electrons. The lowest BCUT2D eigenvalue weighted by atomic mass is 9.83. The molecule has 26 heavy (non-hydrogen) atoms. The zero-order valence-electron chi connectivity index (χ0n) is 14.1. The first-order valence-electron chi connectivity index (χ1n) is 8.83. The molecule has 3 aromatic rings. The second kappa shape index (κ2) is 6.25. The minimum atomic E-state index is 0.130. The van der Waals surface area contributed by atoms with Crippen LogP contribution < -0.4 is 10.5 Å². The van der Waals surface area contributed by atoms with Gasteiger partial charge >= 0.3 is 0 Å². The Labute approximate surface area is 160 Å². The second-order valence-electron chi connectivity index (χ2n) is 7.13. The quantitative estimate of drug-likeness (QED) is 0.664. The number of nitrogens with zero attached hydrogens (tertiary/aromatic N) is 3. The first-order chi connectivity index (χ1) is 12.7. The number of fused-ring (bicyclic) bond motifs is 4. The van der Waals surface area contributed by atoms with Gasteiger partial charge in [-0.15, -0.1) is 11.3 Å². The van der Waals surface area contributed by atoms with Gasteiger partial charge in [-0.25, -0.2) is 4.98 Å². The van der Waals surface area contributed by atoms with Crippen molar-refractivity contribution in [3.63, 3.8) is 0 Å². The predicted octanol–water partition coefficient (Wildman–Crippen LogP) is 4.25. The number of hydrogen-bond acceptors (Lipinski definition) is 4. The van der Waals surface area contributed by atoms with Gasteiger partial charge in [0.25, 0.3) is 5.56 Å². The highest BCUT2D eigenvalue weighted by Gasteiger charge is 2.35. The largest absolute Gasteiger partial charge is 0.347 e. The number of benzene rings is 1. The molecule has 0 saturated carbocycles. The van der Waals surface area contributed by atoms with Crippen LogP contribution in [0.3, 0.4) is 0 Å². The Morgan fingerprint density at radius 2 is 1.92 bits per heavy atom. The van der Waals surface area contributed by atoms with Crippen LogP contribution in [0, 0.1) is 5.92 Å². The molecular weight excluding hydrogens is 366 g/mol. The van der Waals surface area contributed by atoms with Gasteiger partial charge in [-0.3, -0.25) is 4.79 Å². The Balaban J connectivity index is 1.43. The molecule has 1 saturated heterocycles. The molecule has 2 bridgehead atoms. The number of hydrogen-bond donors (Lipinski definition) is 0. The molecule has 0 N–H and O–H groups in total. The normalized spacial score (nSPS) is 21.5. The Bertz CT molecular complexity index is 1010. The molecule has 1 aromatic carbocycles. The van der Waals surface area contributed by atoms with Crippen molar-refractivity contribution < 1.29 is 0 Å². The molecule has 0 aliphatic carbocycles. The van der Waals surface area contributed by atoms with E-state index in [9.17, 15) is 4.79 Å². The summed E-state index contributed by atoms with van der Waals surface area (Å²) in [6, 6.07) is 13.5. The third-order valence-corrected chi connectivity index (χ3v) is 6.54. The predicted molar refractivity (Wildman–Crippen MR) is 106 cm³/mol. The van der Waals surface area contributed by atoms with E-state index in [4.69, 9.17) is 16.6 Å². The third-order valence-electron chi connectivity index (χ3n) is 5.38. The van der Waals surface area contributed by atoms with Crippen LogP contribution in [0.2, 0.25) is 5.02 Å². The van der Waals surface area contributed by atoms with E-state index in [0.29, 0.717) is 11.8 Å². The van der Waals surface area contributed by atoms with E-state index in [0.717, 1.165) is 47.5 Å². The fraction of sp³-hybridized carbons (Fsp3) is 0.300. The standard InChI is InChI=1S/C20H18ClN3OS/c21-16-6-4-14(5-7-16)17-12-26-20(22-17)23-9-13-8-15(11-23)18-2-1-3-19(25)24(18)10-13/h1-7,12-13,15H,8-11H2. The first kappa shape index (κ1) is 16.1. The Hall–Kier alpha value is -2.11. The summed E-state index contributed by atoms with van der Waals surface area (Å²) in [7, 11) is 0. The van der Waals surface area contributed by atoms with Crippen molar-refractivity contribution in [2.75, 3.05) is 18.0 Å². The van der Waals surface area contributed by atoms with Crippen molar-refractivity contribution >= 4 is 28.1 Å². The second-order valence-corrected chi connectivity index (χ2v) is 8.40. The molecule has 5 rings (SSSR count). The summed E-state index contributed by atoms with van der Waals surface area (Å²) in [6.07, 6.45) is 1.16. The maximum atomic E-state index is 12.2. The van der Waals surface area contributed by atoms with Crippen LogP contribution in [0.25, 0.3) is 11.3 Å². The van der Waals surface area contributed by atoms with Crippen LogP contribution in [0.5, 0.6) is 0 Å². The van der Waals surface area contributed by atoms with Crippen molar-refractivity contribution in [2.45, 2.75) is 18.9 Å². The van der Waals surface area contributed by atoms with Gasteiger partial charge in [0.2, 0.25) is 0 Å². The van der Waals surface area contributed by atoms with Crippen LogP contribution in [0.1, 0.15) is 18.0 Å². The van der Waals surface area contributed by atoms with Gasteiger partial charge in [0.15, 0.2) is 5.13 Å². The van der Waals surface area contributed by atoms with Crippen LogP contribution in [0.4, 0.5) is 5.13 Å². The van der Waals surface area contributed by atoms with Crippen molar-refractivity contribution in [1.82, 2.24) is 9.55 Å². The topological polar surface area (TPSA) is 38.1 Å². The molecule has 2 atom stereocenters. The van der Waals surface area contributed by atoms with E-state index < -0.39 is 0 Å². The molecule has 132 valence electrons. The van der Waals surface area contributed by atoms with Crippen molar-refractivity contribution in [1.29, 1.82) is 0 Å². The van der Waals surface area contributed by atoms with Crippen molar-refractivity contribution in [3.05, 3.63) is 68.9 Å². The zero-order valence-corrected chi connectivity index (χ0v) is 15.7. The molecule has 4 nitrogen and oxygen atoms in total. The Morgan fingerprint density at radius 1 is 1.08 bits per heavy atom. The highest BCUT2D eigenvalue weighted by Crippen LogP contribution is 2.38. The Kier molecular flexibility index (Phi) is 3.87. The number of aromatic nitrogens is 2. The van der Waals surface area contributed by atoms with E-state index >= 15 is 0 Å². The number of anilines is 1. The number of piperidine rings is 1. The van der Waals surface area contributed by atoms with Crippen LogP contribution in [-0.2, 0) is 6.54 Å². The van der Waals surface area contributed by atoms with Gasteiger partial charge in [-0.2, -0.15) is 0 Å². The van der Waals surface area contributed by atoms with Gasteiger partial charge in [0.1, 0.15) is 0 Å². The molecule has 6 heteroatoms. The maximum Gasteiger partial charge on any atom is 0.250 e. The molecule has 2 aliphatic rings. The van der Waals surface area contributed by atoms with Crippen molar-refractivity contribution in [3.8, 4) is 11.3 Å². The van der Waals surface area contributed by atoms with E-state index in [2.05, 4.69) is 16.3 Å². The highest BCUT2D eigenvalue weighted by molar-refractivity contribution is 7.14. The lowest BCUT2D eigenvalue weighted by Gasteiger charge is -2.42. The number of halogens is 1. The lowest BCUT2D eigenvalue weighted by molar-refractivity contribution is 0.281. The van der Waals surface area contributed by atoms with E-state index in [1.165, 1.54) is 5.69 Å². The summed E-state index contributed by atoms with van der Waals surface area (Å²) in [5, 5.41) is 3.92. The fourth-order valence-electron chi connectivity index (χ4n) is 4.22. The van der Waals surface area contributed by atoms with Gasteiger partial charge in [0.05, 0.1) is 5.69 Å². The minimum Gasteiger partial charge on any atom is -0.347 e. The van der Waals surface area contributed by atoms with Gasteiger partial charge < -0.3 is 9.47 Å². The number of thiazole rings is 1. The maximum absolute atomic E-state index is 12.2. The van der Waals surface area contributed by atoms with Gasteiger partial charge in [0, 0.05) is 53.3 Å². The molecular formula is C20H18ClN3OS. The molecule has 2 aromatic heterocycles. The molecule has 4 heterocycles. The van der Waals surface area contributed by atoms with Crippen LogP contribution in [-0.4, -0.2) is 22.6 Å². The fourth-order valence-corrected chi connectivity index (χ4v) is 5.20. The number of pyridine rings is 1. The highest BCUT2D eigenvalue weighted by atomic mass is 35.5. The Morgan fingerprint density at radius 3 is 2.77 bits per heavy atom. The third kappa shape index (κ3) is 2.75. The summed E-state index contributed by atoms with van der Waals surface area (Å²) in [5.74, 6) is 0.906. The summed E-state index contributed by atoms with van der Waals surface area (Å²) in [6.45, 7) is 2.70. The average Bonchev–Trinajstić information content (AvgIpc) is 3.13. The zero-order chi connectivity index (χ0) is 17.7. The van der Waals surface area contributed by atoms with Crippen LogP contribution in [0.15, 0.2) is 52.6 Å². The molecule has 1 fully saturated rings. The molecule has 2 unspecified atom stereocenters. The minimum absolute atomic E-state index is 0.130. The van der Waals surface area contributed by atoms with Gasteiger partial charge in [-0.1, -0.05) is 29.8 Å². The number of rotatable bonds is 2. The monoisotopic (exact) mass is 383 g/mol. The van der Waals surface area contributed by atoms with E-state index in [1.54, 1.807) is 17.4 Å². The smallest absolute Gasteiger partial charge is 0.250 e. The average molecular weight is 384 g/mol. The molecule has 0 spiro atoms. The summed E-state index contributed by atoms with van der Waals surface area (Å²) in [5.41, 5.74) is 3.39. The lowest BCUT2D eigenvalue weighted by Crippen LogP contribution is -2.47. The van der Waals surface area contributed by atoms with Crippen molar-refractivity contribution in [2.24, 2.45) is 5.92 Å². The first-order valence-corrected chi connectivity index (χ1v) is 10.1. The SMILES string of the molecule is O=c1cccc2n1CC1CC2CN(c2nc(-c3ccc(Cl)cc3)cs2)C1. The van der Waals surface area contributed by atoms with Crippen LogP contribution >= 0.6 is 22.9 Å². The molecule has 0 amide bonds. The molecule has 2 aliphatic heterocycles. The summed E-state index contributed by atoms with van der Waals surface area (Å²) < 4.78 is 1.97. The van der Waals surface area contributed by atoms with E-state index in [1.807, 2.05) is 34.9 Å².